The molecule has 0 radical (unpaired) electrons. The van der Waals surface area contributed by atoms with Crippen molar-refractivity contribution in [2.45, 2.75) is 123 Å². The Balaban J connectivity index is 0.000000177. The molecular formula is C50H66N2O6. The number of nitrogens with zero attached hydrogens (tertiary/aromatic N) is 2. The standard InChI is InChI=1S/C26H35NO3.C24H31NO3/c1-3-29-26(28)21-12-14-27(15-13-21)18-20-8-9-23-17-24(11-10-22(23)16-20)30-25-7-5-4-6-19(25)2;1-17-4-2-3-5-23(17)28-22-9-8-20-14-18(6-7-21(20)15-22)16-25-12-10-19(11-13-25)24(26)27/h8-11,16-17,19,21,25H,3-7,12-15,18H2,1-2H3;6-9,14-15,17,19,23H,2-5,10-13,16H2,1H3,(H,26,27). The van der Waals surface area contributed by atoms with Crippen molar-refractivity contribution < 1.29 is 28.9 Å². The van der Waals surface area contributed by atoms with Crippen molar-refractivity contribution in [3.05, 3.63) is 83.9 Å². The average molecular weight is 791 g/mol. The van der Waals surface area contributed by atoms with Crippen molar-refractivity contribution in [1.29, 1.82) is 0 Å². The third-order valence-corrected chi connectivity index (χ3v) is 13.3. The van der Waals surface area contributed by atoms with Gasteiger partial charge in [-0.25, -0.2) is 0 Å². The molecular weight excluding hydrogens is 725 g/mol. The molecule has 58 heavy (non-hydrogen) atoms. The molecule has 312 valence electrons. The predicted molar refractivity (Wildman–Crippen MR) is 232 cm³/mol. The van der Waals surface area contributed by atoms with E-state index < -0.39 is 5.97 Å². The van der Waals surface area contributed by atoms with Crippen LogP contribution < -0.4 is 9.47 Å². The van der Waals surface area contributed by atoms with Crippen LogP contribution in [0.4, 0.5) is 0 Å². The Labute approximate surface area is 346 Å². The highest BCUT2D eigenvalue weighted by Gasteiger charge is 2.27. The Kier molecular flexibility index (Phi) is 14.6. The molecule has 2 saturated carbocycles. The van der Waals surface area contributed by atoms with Gasteiger partial charge in [0.25, 0.3) is 0 Å². The summed E-state index contributed by atoms with van der Waals surface area (Å²) in [6.07, 6.45) is 14.1. The fraction of sp³-hybridized carbons (Fsp3) is 0.560. The second kappa shape index (κ2) is 20.2. The summed E-state index contributed by atoms with van der Waals surface area (Å²) in [4.78, 5) is 27.8. The zero-order chi connectivity index (χ0) is 40.4. The second-order valence-electron chi connectivity index (χ2n) is 17.7. The van der Waals surface area contributed by atoms with Gasteiger partial charge in [-0.2, -0.15) is 0 Å². The minimum Gasteiger partial charge on any atom is -0.490 e. The number of likely N-dealkylation sites (tertiary alicyclic amines) is 2. The zero-order valence-electron chi connectivity index (χ0n) is 35.2. The van der Waals surface area contributed by atoms with Crippen LogP contribution in [0, 0.1) is 23.7 Å². The van der Waals surface area contributed by atoms with E-state index in [0.29, 0.717) is 30.7 Å². The van der Waals surface area contributed by atoms with Crippen LogP contribution in [0.3, 0.4) is 0 Å². The smallest absolute Gasteiger partial charge is 0.309 e. The molecule has 0 bridgehead atoms. The van der Waals surface area contributed by atoms with Gasteiger partial charge in [0.2, 0.25) is 0 Å². The van der Waals surface area contributed by atoms with Gasteiger partial charge in [0, 0.05) is 13.1 Å². The normalized spacial score (nSPS) is 23.8. The summed E-state index contributed by atoms with van der Waals surface area (Å²) in [7, 11) is 0. The van der Waals surface area contributed by atoms with Gasteiger partial charge in [-0.15, -0.1) is 0 Å². The molecule has 0 spiro atoms. The van der Waals surface area contributed by atoms with Gasteiger partial charge in [-0.3, -0.25) is 19.4 Å². The summed E-state index contributed by atoms with van der Waals surface area (Å²) in [6, 6.07) is 26.3. The molecule has 4 aromatic carbocycles. The lowest BCUT2D eigenvalue weighted by Crippen LogP contribution is -2.36. The average Bonchev–Trinajstić information content (AvgIpc) is 3.23. The molecule has 4 unspecified atom stereocenters. The number of hydrogen-bond acceptors (Lipinski definition) is 7. The lowest BCUT2D eigenvalue weighted by atomic mass is 9.88. The van der Waals surface area contributed by atoms with Crippen molar-refractivity contribution in [2.75, 3.05) is 32.8 Å². The van der Waals surface area contributed by atoms with Crippen molar-refractivity contribution in [3.8, 4) is 11.5 Å². The molecule has 2 aliphatic heterocycles. The number of carbonyl (C=O) groups excluding carboxylic acids is 1. The molecule has 0 amide bonds. The lowest BCUT2D eigenvalue weighted by Gasteiger charge is -2.31. The van der Waals surface area contributed by atoms with Gasteiger partial charge >= 0.3 is 11.9 Å². The number of esters is 1. The van der Waals surface area contributed by atoms with Crippen molar-refractivity contribution in [3.63, 3.8) is 0 Å². The van der Waals surface area contributed by atoms with E-state index in [2.05, 4.69) is 96.4 Å². The number of carboxylic acids is 1. The topological polar surface area (TPSA) is 88.5 Å². The maximum atomic E-state index is 11.9. The van der Waals surface area contributed by atoms with E-state index in [1.807, 2.05) is 6.92 Å². The van der Waals surface area contributed by atoms with Crippen LogP contribution in [0.2, 0.25) is 0 Å². The Hall–Kier alpha value is -4.14. The number of carbonyl (C=O) groups is 2. The predicted octanol–water partition coefficient (Wildman–Crippen LogP) is 10.7. The molecule has 8 heteroatoms. The SMILES string of the molecule is CC1CCCCC1Oc1ccc2cc(CN3CCC(C(=O)O)CC3)ccc2c1.CCOC(=O)C1CCN(Cc2ccc3cc(OC4CCCCC4C)ccc3c2)CC1. The van der Waals surface area contributed by atoms with E-state index in [4.69, 9.17) is 19.3 Å². The molecule has 4 aliphatic rings. The summed E-state index contributed by atoms with van der Waals surface area (Å²) < 4.78 is 17.8. The number of hydrogen-bond donors (Lipinski definition) is 1. The minimum absolute atomic E-state index is 0.0245. The molecule has 8 nitrogen and oxygen atoms in total. The first-order valence-corrected chi connectivity index (χ1v) is 22.4. The van der Waals surface area contributed by atoms with Crippen LogP contribution >= 0.6 is 0 Å². The zero-order valence-corrected chi connectivity index (χ0v) is 35.2. The largest absolute Gasteiger partial charge is 0.490 e. The quantitative estimate of drug-likeness (QED) is 0.150. The van der Waals surface area contributed by atoms with Gasteiger partial charge in [0.1, 0.15) is 23.7 Å². The first-order valence-electron chi connectivity index (χ1n) is 22.4. The van der Waals surface area contributed by atoms with Gasteiger partial charge in [0.15, 0.2) is 0 Å². The summed E-state index contributed by atoms with van der Waals surface area (Å²) in [5.74, 6) is 2.49. The Morgan fingerprint density at radius 2 is 0.983 bits per heavy atom. The van der Waals surface area contributed by atoms with E-state index in [1.165, 1.54) is 77.6 Å². The third kappa shape index (κ3) is 11.3. The monoisotopic (exact) mass is 790 g/mol. The summed E-state index contributed by atoms with van der Waals surface area (Å²) in [5.41, 5.74) is 2.61. The highest BCUT2D eigenvalue weighted by atomic mass is 16.5. The molecule has 0 aromatic heterocycles. The third-order valence-electron chi connectivity index (χ3n) is 13.3. The molecule has 4 atom stereocenters. The van der Waals surface area contributed by atoms with Crippen LogP contribution in [0.1, 0.15) is 109 Å². The number of carboxylic acid groups (broad SMARTS) is 1. The molecule has 4 fully saturated rings. The van der Waals surface area contributed by atoms with Crippen LogP contribution in [0.5, 0.6) is 11.5 Å². The first kappa shape index (κ1) is 42.0. The highest BCUT2D eigenvalue weighted by Crippen LogP contribution is 2.32. The Morgan fingerprint density at radius 1 is 0.569 bits per heavy atom. The number of fused-ring (bicyclic) bond motifs is 2. The molecule has 2 aliphatic carbocycles. The fourth-order valence-electron chi connectivity index (χ4n) is 9.60. The van der Waals surface area contributed by atoms with Crippen molar-refractivity contribution >= 4 is 33.5 Å². The number of aliphatic carboxylic acids is 1. The van der Waals surface area contributed by atoms with E-state index >= 15 is 0 Å². The Morgan fingerprint density at radius 3 is 1.41 bits per heavy atom. The van der Waals surface area contributed by atoms with E-state index in [9.17, 15) is 9.59 Å². The Bertz CT molecular complexity index is 1960. The van der Waals surface area contributed by atoms with Crippen molar-refractivity contribution in [2.24, 2.45) is 23.7 Å². The van der Waals surface area contributed by atoms with E-state index in [1.54, 1.807) is 0 Å². The van der Waals surface area contributed by atoms with Gasteiger partial charge in [-0.05, 0) is 178 Å². The van der Waals surface area contributed by atoms with E-state index in [0.717, 1.165) is 82.9 Å². The van der Waals surface area contributed by atoms with Crippen LogP contribution in [-0.4, -0.2) is 71.8 Å². The van der Waals surface area contributed by atoms with Crippen LogP contribution in [0.25, 0.3) is 21.5 Å². The summed E-state index contributed by atoms with van der Waals surface area (Å²) in [5, 5.41) is 14.1. The lowest BCUT2D eigenvalue weighted by molar-refractivity contribution is -0.149. The second-order valence-corrected chi connectivity index (χ2v) is 17.7. The molecule has 8 rings (SSSR count). The summed E-state index contributed by atoms with van der Waals surface area (Å²) in [6.45, 7) is 12.4. The van der Waals surface area contributed by atoms with Crippen LogP contribution in [-0.2, 0) is 27.4 Å². The number of benzene rings is 4. The van der Waals surface area contributed by atoms with E-state index in [-0.39, 0.29) is 17.8 Å². The molecule has 2 saturated heterocycles. The first-order chi connectivity index (χ1) is 28.2. The maximum Gasteiger partial charge on any atom is 0.309 e. The fourth-order valence-corrected chi connectivity index (χ4v) is 9.60. The van der Waals surface area contributed by atoms with Crippen LogP contribution in [0.15, 0.2) is 72.8 Å². The maximum absolute atomic E-state index is 11.9. The minimum atomic E-state index is -0.647. The number of piperidine rings is 2. The van der Waals surface area contributed by atoms with Gasteiger partial charge in [0.05, 0.1) is 18.4 Å². The number of ether oxygens (including phenoxy) is 3. The molecule has 2 heterocycles. The highest BCUT2D eigenvalue weighted by molar-refractivity contribution is 5.85. The summed E-state index contributed by atoms with van der Waals surface area (Å²) >= 11 is 0. The van der Waals surface area contributed by atoms with Gasteiger partial charge in [-0.1, -0.05) is 63.1 Å². The molecule has 4 aromatic rings. The molecule has 1 N–H and O–H groups in total. The van der Waals surface area contributed by atoms with Gasteiger partial charge < -0.3 is 19.3 Å². The van der Waals surface area contributed by atoms with Crippen molar-refractivity contribution in [1.82, 2.24) is 9.80 Å². The number of rotatable bonds is 11.